The van der Waals surface area contributed by atoms with Gasteiger partial charge in [-0.15, -0.1) is 0 Å². The van der Waals surface area contributed by atoms with E-state index in [1.807, 2.05) is 18.7 Å². The van der Waals surface area contributed by atoms with Crippen molar-refractivity contribution in [3.05, 3.63) is 18.7 Å². The predicted octanol–water partition coefficient (Wildman–Crippen LogP) is 2.13. The van der Waals surface area contributed by atoms with Crippen LogP contribution in [0.4, 0.5) is 0 Å². The molecule has 0 spiro atoms. The van der Waals surface area contributed by atoms with Gasteiger partial charge in [0.2, 0.25) is 0 Å². The summed E-state index contributed by atoms with van der Waals surface area (Å²) in [5, 5.41) is 3.65. The first-order valence-corrected chi connectivity index (χ1v) is 7.49. The van der Waals surface area contributed by atoms with Gasteiger partial charge in [-0.05, 0) is 40.2 Å². The molecular formula is C15H28N4. The zero-order chi connectivity index (χ0) is 13.7. The maximum absolute atomic E-state index is 4.11. The van der Waals surface area contributed by atoms with Gasteiger partial charge >= 0.3 is 0 Å². The normalized spacial score (nSPS) is 21.7. The quantitative estimate of drug-likeness (QED) is 0.884. The lowest BCUT2D eigenvalue weighted by atomic mass is 10.0. The van der Waals surface area contributed by atoms with E-state index in [4.69, 9.17) is 0 Å². The lowest BCUT2D eigenvalue weighted by molar-refractivity contribution is 0.134. The molecular weight excluding hydrogens is 236 g/mol. The van der Waals surface area contributed by atoms with E-state index in [-0.39, 0.29) is 5.54 Å². The number of hydrogen-bond acceptors (Lipinski definition) is 3. The molecule has 0 aromatic carbocycles. The van der Waals surface area contributed by atoms with Crippen LogP contribution >= 0.6 is 0 Å². The Morgan fingerprint density at radius 1 is 1.26 bits per heavy atom. The summed E-state index contributed by atoms with van der Waals surface area (Å²) in [5.41, 5.74) is 0.216. The van der Waals surface area contributed by atoms with Crippen molar-refractivity contribution in [2.24, 2.45) is 0 Å². The van der Waals surface area contributed by atoms with Gasteiger partial charge in [0.25, 0.3) is 0 Å². The van der Waals surface area contributed by atoms with E-state index in [2.05, 4.69) is 40.5 Å². The fraction of sp³-hybridized carbons (Fsp3) is 0.800. The highest BCUT2D eigenvalue weighted by Gasteiger charge is 2.23. The lowest BCUT2D eigenvalue weighted by Gasteiger charge is -2.37. The standard InChI is InChI=1S/C15H28N4/c1-15(2,3)17-12-14-6-4-5-8-19(14)11-10-18-9-7-16-13-18/h7,9,13-14,17H,4-6,8,10-12H2,1-3H3. The number of nitrogens with zero attached hydrogens (tertiary/aromatic N) is 3. The molecule has 2 rings (SSSR count). The monoisotopic (exact) mass is 264 g/mol. The molecule has 0 saturated carbocycles. The largest absolute Gasteiger partial charge is 0.336 e. The molecule has 1 aromatic heterocycles. The maximum atomic E-state index is 4.11. The van der Waals surface area contributed by atoms with E-state index in [9.17, 15) is 0 Å². The minimum absolute atomic E-state index is 0.216. The van der Waals surface area contributed by atoms with Gasteiger partial charge < -0.3 is 9.88 Å². The maximum Gasteiger partial charge on any atom is 0.0946 e. The highest BCUT2D eigenvalue weighted by atomic mass is 15.2. The Balaban J connectivity index is 1.81. The van der Waals surface area contributed by atoms with Crippen LogP contribution in [0, 0.1) is 0 Å². The Morgan fingerprint density at radius 3 is 2.79 bits per heavy atom. The summed E-state index contributed by atoms with van der Waals surface area (Å²) in [5.74, 6) is 0. The van der Waals surface area contributed by atoms with Gasteiger partial charge in [-0.25, -0.2) is 4.98 Å². The van der Waals surface area contributed by atoms with E-state index in [1.54, 1.807) is 0 Å². The molecule has 19 heavy (non-hydrogen) atoms. The van der Waals surface area contributed by atoms with Gasteiger partial charge in [0, 0.05) is 43.6 Å². The van der Waals surface area contributed by atoms with Gasteiger partial charge in [0.1, 0.15) is 0 Å². The zero-order valence-electron chi connectivity index (χ0n) is 12.6. The molecule has 0 radical (unpaired) electrons. The molecule has 1 aliphatic rings. The second-order valence-electron chi connectivity index (χ2n) is 6.62. The second kappa shape index (κ2) is 6.53. The summed E-state index contributed by atoms with van der Waals surface area (Å²) >= 11 is 0. The Hall–Kier alpha value is -0.870. The molecule has 4 heteroatoms. The Kier molecular flexibility index (Phi) is 4.99. The van der Waals surface area contributed by atoms with Crippen molar-refractivity contribution < 1.29 is 0 Å². The SMILES string of the molecule is CC(C)(C)NCC1CCCCN1CCn1ccnc1. The van der Waals surface area contributed by atoms with Crippen molar-refractivity contribution in [1.82, 2.24) is 19.8 Å². The first-order valence-electron chi connectivity index (χ1n) is 7.49. The number of likely N-dealkylation sites (tertiary alicyclic amines) is 1. The van der Waals surface area contributed by atoms with Crippen LogP contribution in [0.3, 0.4) is 0 Å². The van der Waals surface area contributed by atoms with E-state index in [1.165, 1.54) is 25.8 Å². The summed E-state index contributed by atoms with van der Waals surface area (Å²) in [6.45, 7) is 11.3. The van der Waals surface area contributed by atoms with E-state index in [0.717, 1.165) is 19.6 Å². The molecule has 1 saturated heterocycles. The fourth-order valence-corrected chi connectivity index (χ4v) is 2.67. The van der Waals surface area contributed by atoms with Crippen LogP contribution < -0.4 is 5.32 Å². The third kappa shape index (κ3) is 4.96. The molecule has 1 unspecified atom stereocenters. The van der Waals surface area contributed by atoms with Gasteiger partial charge in [-0.1, -0.05) is 6.42 Å². The Labute approximate surface area is 117 Å². The van der Waals surface area contributed by atoms with Gasteiger partial charge in [0.05, 0.1) is 6.33 Å². The molecule has 1 fully saturated rings. The number of aromatic nitrogens is 2. The topological polar surface area (TPSA) is 33.1 Å². The third-order valence-electron chi connectivity index (χ3n) is 3.82. The van der Waals surface area contributed by atoms with Crippen molar-refractivity contribution in [3.8, 4) is 0 Å². The van der Waals surface area contributed by atoms with Crippen molar-refractivity contribution >= 4 is 0 Å². The van der Waals surface area contributed by atoms with E-state index < -0.39 is 0 Å². The van der Waals surface area contributed by atoms with Crippen LogP contribution in [-0.4, -0.2) is 45.7 Å². The third-order valence-corrected chi connectivity index (χ3v) is 3.82. The molecule has 1 aliphatic heterocycles. The number of imidazole rings is 1. The second-order valence-corrected chi connectivity index (χ2v) is 6.62. The molecule has 0 amide bonds. The predicted molar refractivity (Wildman–Crippen MR) is 79.2 cm³/mol. The molecule has 4 nitrogen and oxygen atoms in total. The Morgan fingerprint density at radius 2 is 2.11 bits per heavy atom. The molecule has 1 N–H and O–H groups in total. The average Bonchev–Trinajstić information content (AvgIpc) is 2.87. The average molecular weight is 264 g/mol. The van der Waals surface area contributed by atoms with E-state index >= 15 is 0 Å². The van der Waals surface area contributed by atoms with Crippen molar-refractivity contribution in [3.63, 3.8) is 0 Å². The number of hydrogen-bond donors (Lipinski definition) is 1. The summed E-state index contributed by atoms with van der Waals surface area (Å²) in [4.78, 5) is 6.75. The summed E-state index contributed by atoms with van der Waals surface area (Å²) in [7, 11) is 0. The van der Waals surface area contributed by atoms with Gasteiger partial charge in [-0.3, -0.25) is 4.90 Å². The smallest absolute Gasteiger partial charge is 0.0946 e. The summed E-state index contributed by atoms with van der Waals surface area (Å²) in [6.07, 6.45) is 9.86. The minimum Gasteiger partial charge on any atom is -0.336 e. The molecule has 0 aliphatic carbocycles. The zero-order valence-corrected chi connectivity index (χ0v) is 12.6. The highest BCUT2D eigenvalue weighted by Crippen LogP contribution is 2.17. The Bertz CT molecular complexity index is 353. The molecule has 1 aromatic rings. The van der Waals surface area contributed by atoms with Crippen LogP contribution in [0.2, 0.25) is 0 Å². The van der Waals surface area contributed by atoms with Crippen LogP contribution in [-0.2, 0) is 6.54 Å². The lowest BCUT2D eigenvalue weighted by Crippen LogP contribution is -2.50. The molecule has 2 heterocycles. The number of piperidine rings is 1. The van der Waals surface area contributed by atoms with Crippen molar-refractivity contribution in [2.75, 3.05) is 19.6 Å². The molecule has 1 atom stereocenters. The first kappa shape index (κ1) is 14.5. The molecule has 108 valence electrons. The fourth-order valence-electron chi connectivity index (χ4n) is 2.67. The molecule has 0 bridgehead atoms. The highest BCUT2D eigenvalue weighted by molar-refractivity contribution is 4.83. The summed E-state index contributed by atoms with van der Waals surface area (Å²) < 4.78 is 2.17. The van der Waals surface area contributed by atoms with Crippen LogP contribution in [0.25, 0.3) is 0 Å². The minimum atomic E-state index is 0.216. The van der Waals surface area contributed by atoms with Crippen LogP contribution in [0.15, 0.2) is 18.7 Å². The van der Waals surface area contributed by atoms with Gasteiger partial charge in [-0.2, -0.15) is 0 Å². The number of nitrogens with one attached hydrogen (secondary N) is 1. The van der Waals surface area contributed by atoms with Crippen LogP contribution in [0.1, 0.15) is 40.0 Å². The first-order chi connectivity index (χ1) is 9.04. The van der Waals surface area contributed by atoms with E-state index in [0.29, 0.717) is 6.04 Å². The number of rotatable bonds is 5. The van der Waals surface area contributed by atoms with Crippen LogP contribution in [0.5, 0.6) is 0 Å². The summed E-state index contributed by atoms with van der Waals surface area (Å²) in [6, 6.07) is 0.691. The van der Waals surface area contributed by atoms with Crippen molar-refractivity contribution in [1.29, 1.82) is 0 Å². The van der Waals surface area contributed by atoms with Crippen molar-refractivity contribution in [2.45, 2.75) is 58.2 Å². The van der Waals surface area contributed by atoms with Gasteiger partial charge in [0.15, 0.2) is 0 Å².